The highest BCUT2D eigenvalue weighted by molar-refractivity contribution is 6.31. The Kier molecular flexibility index (Phi) is 6.57. The van der Waals surface area contributed by atoms with Gasteiger partial charge in [-0.05, 0) is 26.0 Å². The molecule has 0 radical (unpaired) electrons. The summed E-state index contributed by atoms with van der Waals surface area (Å²) in [4.78, 5) is 31.5. The van der Waals surface area contributed by atoms with Gasteiger partial charge in [0.15, 0.2) is 5.65 Å². The van der Waals surface area contributed by atoms with Crippen molar-refractivity contribution >= 4 is 29.1 Å². The first-order valence-corrected chi connectivity index (χ1v) is 12.2. The van der Waals surface area contributed by atoms with Crippen LogP contribution in [0.1, 0.15) is 52.3 Å². The third kappa shape index (κ3) is 4.51. The second-order valence-electron chi connectivity index (χ2n) is 9.28. The molecule has 1 aliphatic heterocycles. The van der Waals surface area contributed by atoms with Crippen molar-refractivity contribution in [2.45, 2.75) is 58.3 Å². The quantitative estimate of drug-likeness (QED) is 0.518. The number of aromatic nitrogens is 3. The highest BCUT2D eigenvalue weighted by Crippen LogP contribution is 2.33. The predicted molar refractivity (Wildman–Crippen MR) is 130 cm³/mol. The van der Waals surface area contributed by atoms with Gasteiger partial charge in [-0.3, -0.25) is 9.59 Å². The number of methoxy groups -OCH3 is 1. The number of hydrogen-bond donors (Lipinski definition) is 1. The average Bonchev–Trinajstić information content (AvgIpc) is 3.39. The van der Waals surface area contributed by atoms with Crippen molar-refractivity contribution in [3.05, 3.63) is 57.2 Å². The number of nitrogens with zero attached hydrogens (tertiary/aromatic N) is 4. The lowest BCUT2D eigenvalue weighted by Crippen LogP contribution is -2.49. The summed E-state index contributed by atoms with van der Waals surface area (Å²) < 4.78 is 26.7. The van der Waals surface area contributed by atoms with Crippen LogP contribution in [-0.4, -0.2) is 57.2 Å². The minimum Gasteiger partial charge on any atom is -0.489 e. The van der Waals surface area contributed by atoms with Crippen LogP contribution >= 0.6 is 11.6 Å². The molecule has 1 aliphatic carbocycles. The normalized spacial score (nSPS) is 18.8. The van der Waals surface area contributed by atoms with E-state index in [0.29, 0.717) is 55.3 Å². The van der Waals surface area contributed by atoms with Crippen molar-refractivity contribution in [2.75, 3.05) is 13.7 Å². The van der Waals surface area contributed by atoms with E-state index in [-0.39, 0.29) is 35.3 Å². The smallest absolute Gasteiger partial charge is 0.258 e. The summed E-state index contributed by atoms with van der Waals surface area (Å²) >= 11 is 6.32. The molecule has 2 aliphatic rings. The maximum Gasteiger partial charge on any atom is 0.258 e. The summed E-state index contributed by atoms with van der Waals surface area (Å²) in [6.45, 7) is 4.73. The van der Waals surface area contributed by atoms with E-state index in [1.807, 2.05) is 13.8 Å². The minimum atomic E-state index is -0.486. The Bertz CT molecular complexity index is 1350. The van der Waals surface area contributed by atoms with Crippen molar-refractivity contribution in [3.63, 3.8) is 0 Å². The van der Waals surface area contributed by atoms with Crippen LogP contribution in [0.15, 0.2) is 18.2 Å². The largest absolute Gasteiger partial charge is 0.489 e. The van der Waals surface area contributed by atoms with Gasteiger partial charge in [-0.1, -0.05) is 11.6 Å². The third-order valence-corrected chi connectivity index (χ3v) is 7.25. The van der Waals surface area contributed by atoms with Crippen LogP contribution in [0.2, 0.25) is 5.02 Å². The van der Waals surface area contributed by atoms with E-state index in [4.69, 9.17) is 21.1 Å². The Morgan fingerprint density at radius 3 is 2.78 bits per heavy atom. The molecule has 1 N–H and O–H groups in total. The topological polar surface area (TPSA) is 98.1 Å². The molecule has 0 bridgehead atoms. The number of ether oxygens (including phenoxy) is 2. The van der Waals surface area contributed by atoms with Gasteiger partial charge in [-0.2, -0.15) is 5.10 Å². The number of benzene rings is 1. The first-order valence-electron chi connectivity index (χ1n) is 11.8. The van der Waals surface area contributed by atoms with E-state index in [9.17, 15) is 14.0 Å². The van der Waals surface area contributed by atoms with Gasteiger partial charge in [0.05, 0.1) is 47.4 Å². The Morgan fingerprint density at radius 2 is 2.03 bits per heavy atom. The van der Waals surface area contributed by atoms with Gasteiger partial charge in [0.2, 0.25) is 5.91 Å². The predicted octanol–water partition coefficient (Wildman–Crippen LogP) is 3.36. The third-order valence-electron chi connectivity index (χ3n) is 6.70. The molecule has 0 spiro atoms. The number of hydrogen-bond acceptors (Lipinski definition) is 6. The fourth-order valence-electron chi connectivity index (χ4n) is 4.65. The molecule has 190 valence electrons. The van der Waals surface area contributed by atoms with Crippen molar-refractivity contribution in [1.29, 1.82) is 0 Å². The SMILES string of the molecule is COCCC(=O)N[C@H]1C[C@H](Oc2cc(F)ccc2C(=O)N2Cc3nn4c(C)c(Cl)c(C)nc4c3C2)C1. The number of carbonyl (C=O) groups excluding carboxylic acids is 2. The lowest BCUT2D eigenvalue weighted by molar-refractivity contribution is -0.123. The van der Waals surface area contributed by atoms with Crippen LogP contribution < -0.4 is 10.1 Å². The molecule has 0 atom stereocenters. The number of amides is 2. The van der Waals surface area contributed by atoms with E-state index in [0.717, 1.165) is 17.0 Å². The maximum atomic E-state index is 14.1. The first kappa shape index (κ1) is 24.5. The number of halogens is 2. The van der Waals surface area contributed by atoms with Crippen LogP contribution in [-0.2, 0) is 22.6 Å². The zero-order chi connectivity index (χ0) is 25.6. The molecule has 36 heavy (non-hydrogen) atoms. The average molecular weight is 516 g/mol. The van der Waals surface area contributed by atoms with Crippen molar-refractivity contribution in [1.82, 2.24) is 24.8 Å². The van der Waals surface area contributed by atoms with E-state index >= 15 is 0 Å². The highest BCUT2D eigenvalue weighted by Gasteiger charge is 2.35. The summed E-state index contributed by atoms with van der Waals surface area (Å²) in [5.74, 6) is -0.639. The lowest BCUT2D eigenvalue weighted by atomic mass is 9.89. The molecule has 1 fully saturated rings. The highest BCUT2D eigenvalue weighted by atomic mass is 35.5. The summed E-state index contributed by atoms with van der Waals surface area (Å²) in [5.41, 5.74) is 4.11. The molecule has 0 saturated heterocycles. The molecular weight excluding hydrogens is 489 g/mol. The molecule has 2 amide bonds. The number of nitrogens with one attached hydrogen (secondary N) is 1. The first-order chi connectivity index (χ1) is 17.2. The van der Waals surface area contributed by atoms with E-state index in [1.54, 1.807) is 16.5 Å². The Morgan fingerprint density at radius 1 is 1.25 bits per heavy atom. The van der Waals surface area contributed by atoms with E-state index in [2.05, 4.69) is 15.4 Å². The summed E-state index contributed by atoms with van der Waals surface area (Å²) in [5, 5.41) is 8.11. The van der Waals surface area contributed by atoms with Gasteiger partial charge in [0.25, 0.3) is 5.91 Å². The molecule has 3 heterocycles. The van der Waals surface area contributed by atoms with Crippen LogP contribution in [0.5, 0.6) is 5.75 Å². The van der Waals surface area contributed by atoms with Gasteiger partial charge in [0.1, 0.15) is 17.7 Å². The zero-order valence-electron chi connectivity index (χ0n) is 20.3. The molecule has 0 unspecified atom stereocenters. The Hall–Kier alpha value is -3.24. The minimum absolute atomic E-state index is 0.00933. The second kappa shape index (κ2) is 9.67. The fourth-order valence-corrected chi connectivity index (χ4v) is 4.77. The van der Waals surface area contributed by atoms with Gasteiger partial charge in [0, 0.05) is 44.0 Å². The maximum absolute atomic E-state index is 14.1. The van der Waals surface area contributed by atoms with Crippen molar-refractivity contribution < 1.29 is 23.5 Å². The second-order valence-corrected chi connectivity index (χ2v) is 9.66. The van der Waals surface area contributed by atoms with Gasteiger partial charge in [-0.15, -0.1) is 0 Å². The zero-order valence-corrected chi connectivity index (χ0v) is 21.1. The Labute approximate surface area is 212 Å². The van der Waals surface area contributed by atoms with Crippen LogP contribution in [0.3, 0.4) is 0 Å². The van der Waals surface area contributed by atoms with Gasteiger partial charge >= 0.3 is 0 Å². The number of carbonyl (C=O) groups is 2. The van der Waals surface area contributed by atoms with Gasteiger partial charge < -0.3 is 19.7 Å². The summed E-state index contributed by atoms with van der Waals surface area (Å²) in [7, 11) is 1.55. The fraction of sp³-hybridized carbons (Fsp3) is 0.440. The Balaban J connectivity index is 1.28. The molecule has 1 saturated carbocycles. The van der Waals surface area contributed by atoms with E-state index < -0.39 is 5.82 Å². The summed E-state index contributed by atoms with van der Waals surface area (Å²) in [6.07, 6.45) is 1.25. The van der Waals surface area contributed by atoms with Crippen LogP contribution in [0.25, 0.3) is 5.65 Å². The number of aryl methyl sites for hydroxylation is 2. The molecule has 2 aromatic heterocycles. The number of rotatable bonds is 7. The molecule has 11 heteroatoms. The molecule has 9 nitrogen and oxygen atoms in total. The molecule has 3 aromatic rings. The number of fused-ring (bicyclic) bond motifs is 3. The molecular formula is C25H27ClFN5O4. The van der Waals surface area contributed by atoms with E-state index in [1.165, 1.54) is 18.2 Å². The molecule has 5 rings (SSSR count). The molecule has 1 aromatic carbocycles. The van der Waals surface area contributed by atoms with Crippen LogP contribution in [0.4, 0.5) is 4.39 Å². The monoisotopic (exact) mass is 515 g/mol. The van der Waals surface area contributed by atoms with Gasteiger partial charge in [-0.25, -0.2) is 13.9 Å². The van der Waals surface area contributed by atoms with Crippen molar-refractivity contribution in [3.8, 4) is 5.75 Å². The lowest BCUT2D eigenvalue weighted by Gasteiger charge is -2.36. The van der Waals surface area contributed by atoms with Crippen molar-refractivity contribution in [2.24, 2.45) is 0 Å². The van der Waals surface area contributed by atoms with Crippen LogP contribution in [0, 0.1) is 19.7 Å². The summed E-state index contributed by atoms with van der Waals surface area (Å²) in [6, 6.07) is 3.93. The standard InChI is InChI=1S/C25H27ClFN5O4/c1-13-23(26)14(2)32-24(28-13)19-11-31(12-20(19)30-32)25(34)18-5-4-15(27)8-21(18)36-17-9-16(10-17)29-22(33)6-7-35-3/h4-5,8,16-17H,6-7,9-12H2,1-3H3,(H,29,33)/t16-,17-.